The van der Waals surface area contributed by atoms with Crippen molar-refractivity contribution in [1.82, 2.24) is 0 Å². The molecule has 0 aromatic heterocycles. The highest BCUT2D eigenvalue weighted by Gasteiger charge is 2.57. The van der Waals surface area contributed by atoms with Gasteiger partial charge in [0.1, 0.15) is 0 Å². The topological polar surface area (TPSA) is 9.23 Å². The predicted octanol–water partition coefficient (Wildman–Crippen LogP) is 3.03. The van der Waals surface area contributed by atoms with Crippen LogP contribution >= 0.6 is 0 Å². The smallest absolute Gasteiger partial charge is 0.0717 e. The highest BCUT2D eigenvalue weighted by Crippen LogP contribution is 2.56. The SMILES string of the molecule is C1CCC2(C1)CC1(CCCC1)O2. The molecule has 2 spiro atoms. The predicted molar refractivity (Wildman–Crippen MR) is 48.1 cm³/mol. The van der Waals surface area contributed by atoms with E-state index in [9.17, 15) is 0 Å². The van der Waals surface area contributed by atoms with Crippen LogP contribution in [-0.4, -0.2) is 11.2 Å². The van der Waals surface area contributed by atoms with Crippen LogP contribution in [0.5, 0.6) is 0 Å². The Hall–Kier alpha value is -0.0400. The average molecular weight is 166 g/mol. The molecule has 0 aromatic carbocycles. The van der Waals surface area contributed by atoms with Crippen LogP contribution in [0.2, 0.25) is 0 Å². The highest BCUT2D eigenvalue weighted by atomic mass is 16.6. The Balaban J connectivity index is 1.69. The first kappa shape index (κ1) is 7.37. The Labute approximate surface area is 74.5 Å². The molecule has 1 saturated heterocycles. The molecule has 1 aliphatic heterocycles. The van der Waals surface area contributed by atoms with Gasteiger partial charge in [-0.25, -0.2) is 0 Å². The summed E-state index contributed by atoms with van der Waals surface area (Å²) in [5, 5.41) is 0. The third-order valence-corrected chi connectivity index (χ3v) is 4.11. The molecular weight excluding hydrogens is 148 g/mol. The molecule has 1 heterocycles. The van der Waals surface area contributed by atoms with Crippen LogP contribution in [-0.2, 0) is 4.74 Å². The number of rotatable bonds is 0. The normalized spacial score (nSPS) is 36.0. The summed E-state index contributed by atoms with van der Waals surface area (Å²) < 4.78 is 6.24. The number of hydrogen-bond donors (Lipinski definition) is 0. The molecule has 0 bridgehead atoms. The van der Waals surface area contributed by atoms with E-state index in [1.807, 2.05) is 0 Å². The van der Waals surface area contributed by atoms with Crippen molar-refractivity contribution in [3.63, 3.8) is 0 Å². The van der Waals surface area contributed by atoms with Crippen molar-refractivity contribution in [1.29, 1.82) is 0 Å². The first-order chi connectivity index (χ1) is 5.83. The van der Waals surface area contributed by atoms with Gasteiger partial charge in [0.05, 0.1) is 11.2 Å². The zero-order valence-electron chi connectivity index (χ0n) is 7.77. The molecule has 0 unspecified atom stereocenters. The van der Waals surface area contributed by atoms with Crippen molar-refractivity contribution in [3.05, 3.63) is 0 Å². The van der Waals surface area contributed by atoms with E-state index in [1.165, 1.54) is 57.8 Å². The monoisotopic (exact) mass is 166 g/mol. The summed E-state index contributed by atoms with van der Waals surface area (Å²) in [5.74, 6) is 0. The van der Waals surface area contributed by atoms with Gasteiger partial charge in [0.25, 0.3) is 0 Å². The first-order valence-corrected chi connectivity index (χ1v) is 5.53. The summed E-state index contributed by atoms with van der Waals surface area (Å²) in [4.78, 5) is 0. The third kappa shape index (κ3) is 0.891. The van der Waals surface area contributed by atoms with Gasteiger partial charge in [-0.3, -0.25) is 0 Å². The molecule has 0 atom stereocenters. The second-order valence-corrected chi connectivity index (χ2v) is 5.06. The molecule has 12 heavy (non-hydrogen) atoms. The molecule has 2 saturated carbocycles. The lowest BCUT2D eigenvalue weighted by Gasteiger charge is -2.53. The molecule has 3 rings (SSSR count). The minimum atomic E-state index is 0.393. The Morgan fingerprint density at radius 1 is 0.667 bits per heavy atom. The molecule has 1 heteroatoms. The zero-order chi connectivity index (χ0) is 8.07. The van der Waals surface area contributed by atoms with Crippen LogP contribution in [0.3, 0.4) is 0 Å². The summed E-state index contributed by atoms with van der Waals surface area (Å²) in [6.45, 7) is 0. The molecule has 68 valence electrons. The quantitative estimate of drug-likeness (QED) is 0.537. The van der Waals surface area contributed by atoms with Crippen molar-refractivity contribution in [2.45, 2.75) is 69.0 Å². The maximum atomic E-state index is 6.24. The van der Waals surface area contributed by atoms with E-state index in [2.05, 4.69) is 0 Å². The van der Waals surface area contributed by atoms with Gasteiger partial charge in [0.15, 0.2) is 0 Å². The van der Waals surface area contributed by atoms with E-state index in [4.69, 9.17) is 4.74 Å². The summed E-state index contributed by atoms with van der Waals surface area (Å²) >= 11 is 0. The highest BCUT2D eigenvalue weighted by molar-refractivity contribution is 5.07. The van der Waals surface area contributed by atoms with Crippen LogP contribution in [0.1, 0.15) is 57.8 Å². The van der Waals surface area contributed by atoms with Crippen molar-refractivity contribution >= 4 is 0 Å². The van der Waals surface area contributed by atoms with Gasteiger partial charge in [-0.15, -0.1) is 0 Å². The maximum absolute atomic E-state index is 6.24. The van der Waals surface area contributed by atoms with Crippen molar-refractivity contribution in [2.24, 2.45) is 0 Å². The molecule has 2 aliphatic carbocycles. The molecule has 0 aromatic rings. The Bertz CT molecular complexity index is 155. The second kappa shape index (κ2) is 2.25. The Morgan fingerprint density at radius 3 is 1.33 bits per heavy atom. The van der Waals surface area contributed by atoms with Gasteiger partial charge in [-0.1, -0.05) is 25.7 Å². The van der Waals surface area contributed by atoms with Gasteiger partial charge in [0, 0.05) is 6.42 Å². The second-order valence-electron chi connectivity index (χ2n) is 5.06. The zero-order valence-corrected chi connectivity index (χ0v) is 7.77. The fourth-order valence-corrected chi connectivity index (χ4v) is 3.63. The summed E-state index contributed by atoms with van der Waals surface area (Å²) in [6.07, 6.45) is 12.5. The van der Waals surface area contributed by atoms with Crippen LogP contribution in [0.25, 0.3) is 0 Å². The minimum Gasteiger partial charge on any atom is -0.368 e. The van der Waals surface area contributed by atoms with Crippen LogP contribution in [0.15, 0.2) is 0 Å². The number of ether oxygens (including phenoxy) is 1. The molecule has 0 N–H and O–H groups in total. The first-order valence-electron chi connectivity index (χ1n) is 5.53. The van der Waals surface area contributed by atoms with Crippen LogP contribution in [0, 0.1) is 0 Å². The van der Waals surface area contributed by atoms with Crippen molar-refractivity contribution in [3.8, 4) is 0 Å². The van der Waals surface area contributed by atoms with E-state index in [0.29, 0.717) is 11.2 Å². The molecular formula is C11H18O. The van der Waals surface area contributed by atoms with E-state index in [-0.39, 0.29) is 0 Å². The van der Waals surface area contributed by atoms with Gasteiger partial charge in [-0.05, 0) is 25.7 Å². The van der Waals surface area contributed by atoms with E-state index >= 15 is 0 Å². The van der Waals surface area contributed by atoms with Gasteiger partial charge in [-0.2, -0.15) is 0 Å². The van der Waals surface area contributed by atoms with Crippen molar-refractivity contribution < 1.29 is 4.74 Å². The molecule has 0 radical (unpaired) electrons. The lowest BCUT2D eigenvalue weighted by atomic mass is 9.77. The van der Waals surface area contributed by atoms with E-state index < -0.39 is 0 Å². The molecule has 3 fully saturated rings. The number of hydrogen-bond acceptors (Lipinski definition) is 1. The summed E-state index contributed by atoms with van der Waals surface area (Å²) in [7, 11) is 0. The lowest BCUT2D eigenvalue weighted by molar-refractivity contribution is -0.266. The maximum Gasteiger partial charge on any atom is 0.0717 e. The van der Waals surface area contributed by atoms with Crippen LogP contribution < -0.4 is 0 Å². The third-order valence-electron chi connectivity index (χ3n) is 4.11. The summed E-state index contributed by atoms with van der Waals surface area (Å²) in [5.41, 5.74) is 0.786. The van der Waals surface area contributed by atoms with Gasteiger partial charge >= 0.3 is 0 Å². The largest absolute Gasteiger partial charge is 0.368 e. The fourth-order valence-electron chi connectivity index (χ4n) is 3.63. The van der Waals surface area contributed by atoms with Crippen LogP contribution in [0.4, 0.5) is 0 Å². The minimum absolute atomic E-state index is 0.393. The van der Waals surface area contributed by atoms with Gasteiger partial charge in [0.2, 0.25) is 0 Å². The Kier molecular flexibility index (Phi) is 1.39. The average Bonchev–Trinajstić information content (AvgIpc) is 2.58. The van der Waals surface area contributed by atoms with E-state index in [0.717, 1.165) is 0 Å². The molecule has 0 amide bonds. The standard InChI is InChI=1S/C11H18O/c1-2-6-10(5-1)9-11(12-10)7-3-4-8-11/h1-9H2. The molecule has 1 nitrogen and oxygen atoms in total. The lowest BCUT2D eigenvalue weighted by Crippen LogP contribution is -2.56. The molecule has 3 aliphatic rings. The summed E-state index contributed by atoms with van der Waals surface area (Å²) in [6, 6.07) is 0. The fraction of sp³-hybridized carbons (Fsp3) is 1.00. The Morgan fingerprint density at radius 2 is 1.00 bits per heavy atom. The van der Waals surface area contributed by atoms with Crippen molar-refractivity contribution in [2.75, 3.05) is 0 Å². The van der Waals surface area contributed by atoms with Gasteiger partial charge < -0.3 is 4.74 Å². The van der Waals surface area contributed by atoms with E-state index in [1.54, 1.807) is 0 Å².